The Morgan fingerprint density at radius 2 is 1.85 bits per heavy atom. The molecule has 20 heavy (non-hydrogen) atoms. The molecule has 0 spiro atoms. The van der Waals surface area contributed by atoms with Crippen LogP contribution >= 0.6 is 12.6 Å². The summed E-state index contributed by atoms with van der Waals surface area (Å²) in [6, 6.07) is 0. The molecule has 0 aromatic heterocycles. The van der Waals surface area contributed by atoms with E-state index in [1.54, 1.807) is 0 Å². The first-order valence-electron chi connectivity index (χ1n) is 7.28. The lowest BCUT2D eigenvalue weighted by molar-refractivity contribution is 0.929. The number of allylic oxidation sites excluding steroid dienone is 13. The highest BCUT2D eigenvalue weighted by molar-refractivity contribution is 7.84. The lowest BCUT2D eigenvalue weighted by Gasteiger charge is -2.16. The van der Waals surface area contributed by atoms with Crippen molar-refractivity contribution in [3.8, 4) is 0 Å². The third-order valence-electron chi connectivity index (χ3n) is 4.11. The van der Waals surface area contributed by atoms with Gasteiger partial charge in [0.1, 0.15) is 7.85 Å². The van der Waals surface area contributed by atoms with Crippen LogP contribution in [-0.2, 0) is 0 Å². The summed E-state index contributed by atoms with van der Waals surface area (Å²) >= 11 is 4.74. The van der Waals surface area contributed by atoms with Crippen molar-refractivity contribution in [1.82, 2.24) is 0 Å². The first-order valence-corrected chi connectivity index (χ1v) is 7.73. The molecule has 3 rings (SSSR count). The zero-order valence-electron chi connectivity index (χ0n) is 11.8. The fourth-order valence-corrected chi connectivity index (χ4v) is 3.29. The zero-order valence-corrected chi connectivity index (χ0v) is 12.7. The summed E-state index contributed by atoms with van der Waals surface area (Å²) in [5.41, 5.74) is 5.49. The summed E-state index contributed by atoms with van der Waals surface area (Å²) in [6.45, 7) is 0. The summed E-state index contributed by atoms with van der Waals surface area (Å²) in [6.07, 6.45) is 23.4. The van der Waals surface area contributed by atoms with Crippen LogP contribution in [0, 0.1) is 5.92 Å². The summed E-state index contributed by atoms with van der Waals surface area (Å²) < 4.78 is 0. The molecule has 0 aromatic rings. The Labute approximate surface area is 127 Å². The summed E-state index contributed by atoms with van der Waals surface area (Å²) in [5.74, 6) is 0.386. The van der Waals surface area contributed by atoms with Gasteiger partial charge in [-0.2, -0.15) is 0 Å². The second-order valence-electron chi connectivity index (χ2n) is 5.49. The maximum atomic E-state index is 4.74. The molecule has 0 fully saturated rings. The van der Waals surface area contributed by atoms with Crippen molar-refractivity contribution in [2.24, 2.45) is 5.92 Å². The van der Waals surface area contributed by atoms with Gasteiger partial charge in [-0.3, -0.25) is 0 Å². The van der Waals surface area contributed by atoms with Crippen LogP contribution in [0.5, 0.6) is 0 Å². The molecule has 0 saturated heterocycles. The van der Waals surface area contributed by atoms with Crippen molar-refractivity contribution in [2.45, 2.75) is 19.3 Å². The van der Waals surface area contributed by atoms with E-state index < -0.39 is 0 Å². The number of thiol groups is 1. The maximum Gasteiger partial charge on any atom is 0.139 e. The number of hydrogen-bond acceptors (Lipinski definition) is 1. The Morgan fingerprint density at radius 1 is 1.00 bits per heavy atom. The van der Waals surface area contributed by atoms with Gasteiger partial charge in [-0.05, 0) is 30.4 Å². The van der Waals surface area contributed by atoms with Crippen molar-refractivity contribution in [2.75, 3.05) is 0 Å². The first kappa shape index (κ1) is 13.6. The van der Waals surface area contributed by atoms with Crippen LogP contribution in [0.25, 0.3) is 0 Å². The quantitative estimate of drug-likeness (QED) is 0.502. The standard InChI is InChI=1S/C18H19BS/c19-17-8-4-5-9-18(20)16-12-14-7-3-1-2-6-13(14)10-11-15(16)17/h1-3,6-9,11-12,14,20H,4-5,10,19H2. The second kappa shape index (κ2) is 5.93. The Bertz CT molecular complexity index is 624. The molecule has 100 valence electrons. The van der Waals surface area contributed by atoms with Crippen LogP contribution in [-0.4, -0.2) is 7.85 Å². The van der Waals surface area contributed by atoms with Crippen LogP contribution in [0.4, 0.5) is 0 Å². The lowest BCUT2D eigenvalue weighted by Crippen LogP contribution is -2.00. The smallest absolute Gasteiger partial charge is 0.139 e. The van der Waals surface area contributed by atoms with E-state index in [0.29, 0.717) is 5.92 Å². The Hall–Kier alpha value is -1.41. The predicted octanol–water partition coefficient (Wildman–Crippen LogP) is 4.04. The monoisotopic (exact) mass is 278 g/mol. The third kappa shape index (κ3) is 2.71. The maximum absolute atomic E-state index is 4.74. The van der Waals surface area contributed by atoms with Gasteiger partial charge in [-0.15, -0.1) is 12.6 Å². The van der Waals surface area contributed by atoms with Gasteiger partial charge < -0.3 is 0 Å². The van der Waals surface area contributed by atoms with Crippen LogP contribution in [0.2, 0.25) is 0 Å². The lowest BCUT2D eigenvalue weighted by atomic mass is 9.81. The molecular formula is C18H19BS. The van der Waals surface area contributed by atoms with Crippen molar-refractivity contribution in [1.29, 1.82) is 0 Å². The average Bonchev–Trinajstić information content (AvgIpc) is 2.75. The molecule has 2 heteroatoms. The minimum absolute atomic E-state index is 0.386. The van der Waals surface area contributed by atoms with Gasteiger partial charge in [0.2, 0.25) is 0 Å². The van der Waals surface area contributed by atoms with Crippen molar-refractivity contribution < 1.29 is 0 Å². The molecule has 1 unspecified atom stereocenters. The van der Waals surface area contributed by atoms with Crippen molar-refractivity contribution in [3.05, 3.63) is 81.8 Å². The first-order chi connectivity index (χ1) is 9.75. The molecular weight excluding hydrogens is 259 g/mol. The molecule has 3 aliphatic rings. The molecule has 0 amide bonds. The Kier molecular flexibility index (Phi) is 4.02. The molecule has 0 nitrogen and oxygen atoms in total. The van der Waals surface area contributed by atoms with Crippen LogP contribution in [0.15, 0.2) is 81.8 Å². The number of fused-ring (bicyclic) bond motifs is 2. The van der Waals surface area contributed by atoms with Crippen molar-refractivity contribution in [3.63, 3.8) is 0 Å². The topological polar surface area (TPSA) is 0 Å². The average molecular weight is 278 g/mol. The third-order valence-corrected chi connectivity index (χ3v) is 4.54. The largest absolute Gasteiger partial charge is 0.143 e. The molecule has 0 aromatic carbocycles. The zero-order chi connectivity index (χ0) is 13.9. The van der Waals surface area contributed by atoms with Gasteiger partial charge in [-0.1, -0.05) is 65.7 Å². The predicted molar refractivity (Wildman–Crippen MR) is 93.6 cm³/mol. The molecule has 3 aliphatic carbocycles. The molecule has 0 bridgehead atoms. The van der Waals surface area contributed by atoms with E-state index in [1.165, 1.54) is 22.2 Å². The van der Waals surface area contributed by atoms with Crippen LogP contribution < -0.4 is 0 Å². The van der Waals surface area contributed by atoms with Gasteiger partial charge in [0.25, 0.3) is 0 Å². The summed E-state index contributed by atoms with van der Waals surface area (Å²) in [5, 5.41) is 0. The van der Waals surface area contributed by atoms with E-state index in [1.807, 2.05) is 0 Å². The van der Waals surface area contributed by atoms with Crippen molar-refractivity contribution >= 4 is 20.5 Å². The van der Waals surface area contributed by atoms with Crippen LogP contribution in [0.3, 0.4) is 0 Å². The fraction of sp³-hybridized carbons (Fsp3) is 0.222. The SMILES string of the molecule is BC1=CCCC=C(S)C2=CC3C=CC=CC=C3CC=C12. The van der Waals surface area contributed by atoms with Gasteiger partial charge in [-0.25, -0.2) is 0 Å². The fourth-order valence-electron chi connectivity index (χ4n) is 2.96. The van der Waals surface area contributed by atoms with E-state index >= 15 is 0 Å². The normalized spacial score (nSPS) is 25.4. The van der Waals surface area contributed by atoms with Gasteiger partial charge >= 0.3 is 0 Å². The van der Waals surface area contributed by atoms with Gasteiger partial charge in [0.05, 0.1) is 0 Å². The molecule has 0 aliphatic heterocycles. The van der Waals surface area contributed by atoms with Crippen LogP contribution in [0.1, 0.15) is 19.3 Å². The second-order valence-corrected chi connectivity index (χ2v) is 5.98. The van der Waals surface area contributed by atoms with E-state index in [9.17, 15) is 0 Å². The molecule has 1 atom stereocenters. The van der Waals surface area contributed by atoms with Gasteiger partial charge in [0.15, 0.2) is 0 Å². The summed E-state index contributed by atoms with van der Waals surface area (Å²) in [4.78, 5) is 1.12. The molecule has 0 saturated carbocycles. The Morgan fingerprint density at radius 3 is 2.75 bits per heavy atom. The summed E-state index contributed by atoms with van der Waals surface area (Å²) in [7, 11) is 2.22. The van der Waals surface area contributed by atoms with E-state index in [-0.39, 0.29) is 0 Å². The number of rotatable bonds is 0. The van der Waals surface area contributed by atoms with Gasteiger partial charge in [0, 0.05) is 10.8 Å². The highest BCUT2D eigenvalue weighted by Gasteiger charge is 2.19. The Balaban J connectivity index is 2.12. The minimum Gasteiger partial charge on any atom is -0.143 e. The molecule has 0 heterocycles. The van der Waals surface area contributed by atoms with E-state index in [4.69, 9.17) is 12.6 Å². The number of hydrogen-bond donors (Lipinski definition) is 1. The highest BCUT2D eigenvalue weighted by atomic mass is 32.1. The van der Waals surface area contributed by atoms with E-state index in [2.05, 4.69) is 62.5 Å². The molecule has 0 radical (unpaired) electrons. The minimum atomic E-state index is 0.386. The van der Waals surface area contributed by atoms with E-state index in [0.717, 1.165) is 24.2 Å². The molecule has 0 N–H and O–H groups in total. The highest BCUT2D eigenvalue weighted by Crippen LogP contribution is 2.36.